The van der Waals surface area contributed by atoms with Gasteiger partial charge in [0, 0.05) is 41.7 Å². The number of carbonyl (C=O) groups is 1. The van der Waals surface area contributed by atoms with Gasteiger partial charge in [-0.25, -0.2) is 0 Å². The van der Waals surface area contributed by atoms with Gasteiger partial charge < -0.3 is 10.1 Å². The van der Waals surface area contributed by atoms with E-state index in [0.29, 0.717) is 24.6 Å². The summed E-state index contributed by atoms with van der Waals surface area (Å²) in [5.41, 5.74) is 3.90. The molecule has 29 heavy (non-hydrogen) atoms. The smallest absolute Gasteiger partial charge is 0.251 e. The molecule has 0 radical (unpaired) electrons. The third-order valence-electron chi connectivity index (χ3n) is 4.88. The topological polar surface area (TPSA) is 69.0 Å². The summed E-state index contributed by atoms with van der Waals surface area (Å²) < 4.78 is 7.66. The highest BCUT2D eigenvalue weighted by atomic mass is 16.5. The number of nitrogens with zero attached hydrogens (tertiary/aromatic N) is 3. The van der Waals surface area contributed by atoms with Gasteiger partial charge in [0.05, 0.1) is 18.3 Å². The number of ether oxygens (including phenoxy) is 1. The lowest BCUT2D eigenvalue weighted by Crippen LogP contribution is -2.27. The normalized spacial score (nSPS) is 13.5. The molecule has 4 rings (SSSR count). The summed E-state index contributed by atoms with van der Waals surface area (Å²) in [6, 6.07) is 13.3. The molecule has 0 spiro atoms. The van der Waals surface area contributed by atoms with Crippen LogP contribution in [0.2, 0.25) is 0 Å². The molecule has 1 amide bonds. The number of benzene rings is 1. The van der Waals surface area contributed by atoms with Crippen LogP contribution in [0.15, 0.2) is 54.9 Å². The maximum Gasteiger partial charge on any atom is 0.251 e. The average molecular weight is 390 g/mol. The van der Waals surface area contributed by atoms with E-state index in [9.17, 15) is 4.79 Å². The van der Waals surface area contributed by atoms with E-state index in [1.165, 1.54) is 18.5 Å². The first-order chi connectivity index (χ1) is 14.1. The van der Waals surface area contributed by atoms with E-state index in [1.807, 2.05) is 42.8 Å². The second kappa shape index (κ2) is 8.47. The number of pyridine rings is 1. The molecule has 1 N–H and O–H groups in total. The van der Waals surface area contributed by atoms with Crippen LogP contribution in [0.5, 0.6) is 5.75 Å². The van der Waals surface area contributed by atoms with Crippen molar-refractivity contribution in [3.63, 3.8) is 0 Å². The SMILES string of the molecule is CC(C)Oc1ccc(C(=O)NCCn2nc(-c3ccncc3)cc2C2CC2)cc1. The molecule has 150 valence electrons. The Bertz CT molecular complexity index is 960. The fourth-order valence-electron chi connectivity index (χ4n) is 3.32. The summed E-state index contributed by atoms with van der Waals surface area (Å²) in [5.74, 6) is 1.27. The van der Waals surface area contributed by atoms with E-state index in [4.69, 9.17) is 9.84 Å². The van der Waals surface area contributed by atoms with Crippen LogP contribution in [-0.2, 0) is 6.54 Å². The second-order valence-corrected chi connectivity index (χ2v) is 7.63. The quantitative estimate of drug-likeness (QED) is 0.630. The van der Waals surface area contributed by atoms with Gasteiger partial charge >= 0.3 is 0 Å². The molecule has 1 aromatic carbocycles. The molecule has 1 aliphatic carbocycles. The lowest BCUT2D eigenvalue weighted by molar-refractivity contribution is 0.0952. The monoisotopic (exact) mass is 390 g/mol. The predicted octanol–water partition coefficient (Wildman–Crippen LogP) is 4.04. The van der Waals surface area contributed by atoms with E-state index in [-0.39, 0.29) is 12.0 Å². The maximum atomic E-state index is 12.4. The zero-order chi connectivity index (χ0) is 20.2. The van der Waals surface area contributed by atoms with Gasteiger partial charge in [-0.1, -0.05) is 0 Å². The van der Waals surface area contributed by atoms with Crippen LogP contribution in [0.4, 0.5) is 0 Å². The molecule has 6 heteroatoms. The number of aromatic nitrogens is 3. The highest BCUT2D eigenvalue weighted by Crippen LogP contribution is 2.41. The lowest BCUT2D eigenvalue weighted by atomic mass is 10.2. The number of amides is 1. The first-order valence-electron chi connectivity index (χ1n) is 10.1. The minimum Gasteiger partial charge on any atom is -0.491 e. The van der Waals surface area contributed by atoms with E-state index in [2.05, 4.69) is 16.4 Å². The van der Waals surface area contributed by atoms with Gasteiger partial charge in [-0.05, 0) is 69.2 Å². The van der Waals surface area contributed by atoms with Gasteiger partial charge in [-0.3, -0.25) is 14.5 Å². The fraction of sp³-hybridized carbons (Fsp3) is 0.348. The average Bonchev–Trinajstić information content (AvgIpc) is 3.48. The number of hydrogen-bond acceptors (Lipinski definition) is 4. The summed E-state index contributed by atoms with van der Waals surface area (Å²) >= 11 is 0. The maximum absolute atomic E-state index is 12.4. The van der Waals surface area contributed by atoms with Crippen molar-refractivity contribution in [2.45, 2.75) is 45.3 Å². The third-order valence-corrected chi connectivity index (χ3v) is 4.88. The Morgan fingerprint density at radius 1 is 1.17 bits per heavy atom. The van der Waals surface area contributed by atoms with E-state index < -0.39 is 0 Å². The molecule has 0 atom stereocenters. The molecular formula is C23H26N4O2. The summed E-state index contributed by atoms with van der Waals surface area (Å²) in [6.45, 7) is 5.13. The molecule has 6 nitrogen and oxygen atoms in total. The highest BCUT2D eigenvalue weighted by molar-refractivity contribution is 5.94. The molecule has 0 unspecified atom stereocenters. The Balaban J connectivity index is 1.38. The fourth-order valence-corrected chi connectivity index (χ4v) is 3.32. The minimum absolute atomic E-state index is 0.0874. The largest absolute Gasteiger partial charge is 0.491 e. The molecule has 2 aromatic heterocycles. The molecule has 0 bridgehead atoms. The van der Waals surface area contributed by atoms with Gasteiger partial charge in [0.1, 0.15) is 5.75 Å². The summed E-state index contributed by atoms with van der Waals surface area (Å²) in [6.07, 6.45) is 6.09. The van der Waals surface area contributed by atoms with Crippen LogP contribution in [-0.4, -0.2) is 33.3 Å². The predicted molar refractivity (Wildman–Crippen MR) is 112 cm³/mol. The standard InChI is InChI=1S/C23H26N4O2/c1-16(2)29-20-7-5-19(6-8-20)23(28)25-13-14-27-22(18-3-4-18)15-21(26-27)17-9-11-24-12-10-17/h5-12,15-16,18H,3-4,13-14H2,1-2H3,(H,25,28). The summed E-state index contributed by atoms with van der Waals surface area (Å²) in [5, 5.41) is 7.76. The van der Waals surface area contributed by atoms with Gasteiger partial charge in [0.2, 0.25) is 0 Å². The molecular weight excluding hydrogens is 364 g/mol. The number of rotatable bonds is 8. The number of nitrogens with one attached hydrogen (secondary N) is 1. The van der Waals surface area contributed by atoms with Crippen molar-refractivity contribution in [2.75, 3.05) is 6.54 Å². The summed E-state index contributed by atoms with van der Waals surface area (Å²) in [4.78, 5) is 16.5. The van der Waals surface area contributed by atoms with Crippen molar-refractivity contribution in [2.24, 2.45) is 0 Å². The number of hydrogen-bond donors (Lipinski definition) is 1. The molecule has 2 heterocycles. The molecule has 1 saturated carbocycles. The lowest BCUT2D eigenvalue weighted by Gasteiger charge is -2.11. The van der Waals surface area contributed by atoms with Crippen LogP contribution in [0.1, 0.15) is 48.7 Å². The van der Waals surface area contributed by atoms with Crippen LogP contribution < -0.4 is 10.1 Å². The van der Waals surface area contributed by atoms with Crippen molar-refractivity contribution >= 4 is 5.91 Å². The van der Waals surface area contributed by atoms with Crippen LogP contribution in [0.3, 0.4) is 0 Å². The van der Waals surface area contributed by atoms with Crippen LogP contribution in [0, 0.1) is 0 Å². The Kier molecular flexibility index (Phi) is 5.60. The van der Waals surface area contributed by atoms with Crippen LogP contribution in [0.25, 0.3) is 11.3 Å². The van der Waals surface area contributed by atoms with Gasteiger partial charge in [-0.2, -0.15) is 5.10 Å². The van der Waals surface area contributed by atoms with E-state index in [0.717, 1.165) is 17.0 Å². The minimum atomic E-state index is -0.0874. The van der Waals surface area contributed by atoms with Crippen molar-refractivity contribution < 1.29 is 9.53 Å². The Morgan fingerprint density at radius 2 is 1.90 bits per heavy atom. The second-order valence-electron chi connectivity index (χ2n) is 7.63. The zero-order valence-electron chi connectivity index (χ0n) is 16.8. The van der Waals surface area contributed by atoms with Gasteiger partial charge in [-0.15, -0.1) is 0 Å². The molecule has 0 aliphatic heterocycles. The highest BCUT2D eigenvalue weighted by Gasteiger charge is 2.28. The van der Waals surface area contributed by atoms with Crippen molar-refractivity contribution in [3.05, 3.63) is 66.1 Å². The van der Waals surface area contributed by atoms with Crippen molar-refractivity contribution in [1.82, 2.24) is 20.1 Å². The molecule has 1 fully saturated rings. The van der Waals surface area contributed by atoms with Gasteiger partial charge in [0.15, 0.2) is 0 Å². The first-order valence-corrected chi connectivity index (χ1v) is 10.1. The summed E-state index contributed by atoms with van der Waals surface area (Å²) in [7, 11) is 0. The molecule has 3 aromatic rings. The number of carbonyl (C=O) groups excluding carboxylic acids is 1. The third kappa shape index (κ3) is 4.83. The Labute approximate surface area is 170 Å². The van der Waals surface area contributed by atoms with Gasteiger partial charge in [0.25, 0.3) is 5.91 Å². The van der Waals surface area contributed by atoms with Crippen molar-refractivity contribution in [3.8, 4) is 17.0 Å². The van der Waals surface area contributed by atoms with E-state index in [1.54, 1.807) is 24.5 Å². The van der Waals surface area contributed by atoms with Crippen molar-refractivity contribution in [1.29, 1.82) is 0 Å². The molecule has 1 aliphatic rings. The van der Waals surface area contributed by atoms with E-state index >= 15 is 0 Å². The Morgan fingerprint density at radius 3 is 2.55 bits per heavy atom. The molecule has 0 saturated heterocycles. The Hall–Kier alpha value is -3.15. The van der Waals surface area contributed by atoms with Crippen LogP contribution >= 0.6 is 0 Å². The zero-order valence-corrected chi connectivity index (χ0v) is 16.8. The first kappa shape index (κ1) is 19.2.